The second kappa shape index (κ2) is 6.19. The molecular weight excluding hydrogens is 326 g/mol. The minimum absolute atomic E-state index is 0.208. The van der Waals surface area contributed by atoms with Crippen molar-refractivity contribution in [3.05, 3.63) is 77.3 Å². The van der Waals surface area contributed by atoms with E-state index < -0.39 is 0 Å². The van der Waals surface area contributed by atoms with E-state index in [9.17, 15) is 4.79 Å². The number of hydrogen-bond donors (Lipinski definition) is 1. The number of aromatic amines is 1. The lowest BCUT2D eigenvalue weighted by Crippen LogP contribution is -2.12. The first kappa shape index (κ1) is 16.1. The summed E-state index contributed by atoms with van der Waals surface area (Å²) in [5, 5.41) is 4.45. The van der Waals surface area contributed by atoms with Crippen molar-refractivity contribution >= 4 is 5.91 Å². The number of hydrogen-bond acceptors (Lipinski definition) is 3. The van der Waals surface area contributed by atoms with Crippen molar-refractivity contribution in [2.45, 2.75) is 20.8 Å². The molecule has 130 valence electrons. The smallest absolute Gasteiger partial charge is 0.281 e. The summed E-state index contributed by atoms with van der Waals surface area (Å²) in [6.07, 6.45) is 1.68. The highest BCUT2D eigenvalue weighted by Crippen LogP contribution is 2.26. The third kappa shape index (κ3) is 2.77. The quantitative estimate of drug-likeness (QED) is 0.583. The van der Waals surface area contributed by atoms with E-state index in [1.807, 2.05) is 50.2 Å². The molecule has 0 fully saturated rings. The SMILES string of the molecule is Cc1cc(C)c(-c2ccn(C(=O)c3cc(-c4ccccc4)oc3C)n2)[nH]1. The Kier molecular flexibility index (Phi) is 3.84. The molecule has 0 aliphatic carbocycles. The van der Waals surface area contributed by atoms with E-state index in [-0.39, 0.29) is 5.91 Å². The summed E-state index contributed by atoms with van der Waals surface area (Å²) in [6, 6.07) is 15.4. The Bertz CT molecular complexity index is 1080. The monoisotopic (exact) mass is 345 g/mol. The Morgan fingerprint density at radius 3 is 2.54 bits per heavy atom. The molecule has 1 aromatic carbocycles. The molecular formula is C21H19N3O2. The van der Waals surface area contributed by atoms with Crippen LogP contribution in [0.1, 0.15) is 27.4 Å². The maximum absolute atomic E-state index is 12.9. The Morgan fingerprint density at radius 2 is 1.85 bits per heavy atom. The highest BCUT2D eigenvalue weighted by atomic mass is 16.3. The van der Waals surface area contributed by atoms with E-state index in [1.165, 1.54) is 4.68 Å². The van der Waals surface area contributed by atoms with Gasteiger partial charge in [-0.15, -0.1) is 0 Å². The Labute approximate surface area is 151 Å². The van der Waals surface area contributed by atoms with Crippen LogP contribution in [-0.2, 0) is 0 Å². The molecule has 3 heterocycles. The zero-order valence-electron chi connectivity index (χ0n) is 14.9. The van der Waals surface area contributed by atoms with Gasteiger partial charge in [-0.2, -0.15) is 5.10 Å². The third-order valence-corrected chi connectivity index (χ3v) is 4.41. The molecule has 3 aromatic heterocycles. The second-order valence-corrected chi connectivity index (χ2v) is 6.41. The molecule has 5 nitrogen and oxygen atoms in total. The summed E-state index contributed by atoms with van der Waals surface area (Å²) in [4.78, 5) is 16.2. The van der Waals surface area contributed by atoms with Gasteiger partial charge in [-0.3, -0.25) is 4.79 Å². The lowest BCUT2D eigenvalue weighted by Gasteiger charge is -1.99. The summed E-state index contributed by atoms with van der Waals surface area (Å²) in [7, 11) is 0. The van der Waals surface area contributed by atoms with Gasteiger partial charge in [0.2, 0.25) is 0 Å². The second-order valence-electron chi connectivity index (χ2n) is 6.41. The van der Waals surface area contributed by atoms with E-state index in [0.717, 1.165) is 28.2 Å². The largest absolute Gasteiger partial charge is 0.461 e. The number of rotatable bonds is 3. The molecule has 0 saturated heterocycles. The molecule has 4 rings (SSSR count). The van der Waals surface area contributed by atoms with Crippen LogP contribution in [0.5, 0.6) is 0 Å². The zero-order valence-corrected chi connectivity index (χ0v) is 14.9. The van der Waals surface area contributed by atoms with Crippen LogP contribution in [0.3, 0.4) is 0 Å². The van der Waals surface area contributed by atoms with Crippen LogP contribution >= 0.6 is 0 Å². The first-order chi connectivity index (χ1) is 12.5. The van der Waals surface area contributed by atoms with Crippen molar-refractivity contribution in [1.29, 1.82) is 0 Å². The number of aromatic nitrogens is 3. The lowest BCUT2D eigenvalue weighted by atomic mass is 10.1. The number of H-pyrrole nitrogens is 1. The van der Waals surface area contributed by atoms with E-state index in [1.54, 1.807) is 19.2 Å². The van der Waals surface area contributed by atoms with E-state index in [2.05, 4.69) is 16.1 Å². The molecule has 0 spiro atoms. The van der Waals surface area contributed by atoms with Crippen LogP contribution in [0.15, 0.2) is 59.1 Å². The number of furan rings is 1. The molecule has 0 aliphatic rings. The minimum atomic E-state index is -0.208. The maximum Gasteiger partial charge on any atom is 0.281 e. The van der Waals surface area contributed by atoms with Crippen molar-refractivity contribution in [2.75, 3.05) is 0 Å². The summed E-state index contributed by atoms with van der Waals surface area (Å²) < 4.78 is 7.15. The van der Waals surface area contributed by atoms with Crippen molar-refractivity contribution in [1.82, 2.24) is 14.8 Å². The van der Waals surface area contributed by atoms with Crippen LogP contribution in [-0.4, -0.2) is 20.7 Å². The average molecular weight is 345 g/mol. The first-order valence-electron chi connectivity index (χ1n) is 8.46. The molecule has 0 saturated carbocycles. The van der Waals surface area contributed by atoms with Gasteiger partial charge in [-0.25, -0.2) is 4.68 Å². The summed E-state index contributed by atoms with van der Waals surface area (Å²) >= 11 is 0. The Balaban J connectivity index is 1.67. The molecule has 26 heavy (non-hydrogen) atoms. The number of nitrogens with zero attached hydrogens (tertiary/aromatic N) is 2. The minimum Gasteiger partial charge on any atom is -0.461 e. The van der Waals surface area contributed by atoms with Crippen LogP contribution in [0.2, 0.25) is 0 Å². The highest BCUT2D eigenvalue weighted by molar-refractivity contribution is 5.97. The Morgan fingerprint density at radius 1 is 1.08 bits per heavy atom. The molecule has 0 amide bonds. The number of benzene rings is 1. The van der Waals surface area contributed by atoms with E-state index >= 15 is 0 Å². The third-order valence-electron chi connectivity index (χ3n) is 4.41. The fourth-order valence-electron chi connectivity index (χ4n) is 3.13. The van der Waals surface area contributed by atoms with Gasteiger partial charge in [-0.05, 0) is 44.5 Å². The first-order valence-corrected chi connectivity index (χ1v) is 8.46. The van der Waals surface area contributed by atoms with Crippen LogP contribution in [0.25, 0.3) is 22.7 Å². The fourth-order valence-corrected chi connectivity index (χ4v) is 3.13. The van der Waals surface area contributed by atoms with Crippen molar-refractivity contribution in [2.24, 2.45) is 0 Å². The molecule has 0 radical (unpaired) electrons. The zero-order chi connectivity index (χ0) is 18.3. The van der Waals surface area contributed by atoms with Gasteiger partial charge in [0.15, 0.2) is 0 Å². The molecule has 0 aliphatic heterocycles. The maximum atomic E-state index is 12.9. The molecule has 1 N–H and O–H groups in total. The van der Waals surface area contributed by atoms with Gasteiger partial charge >= 0.3 is 0 Å². The van der Waals surface area contributed by atoms with Crippen molar-refractivity contribution in [3.63, 3.8) is 0 Å². The van der Waals surface area contributed by atoms with Crippen LogP contribution < -0.4 is 0 Å². The van der Waals surface area contributed by atoms with E-state index in [0.29, 0.717) is 17.1 Å². The summed E-state index contributed by atoms with van der Waals surface area (Å²) in [5.41, 5.74) is 5.30. The molecule has 0 unspecified atom stereocenters. The number of carbonyl (C=O) groups is 1. The van der Waals surface area contributed by atoms with Gasteiger partial charge in [0.05, 0.1) is 11.3 Å². The molecule has 5 heteroatoms. The predicted octanol–water partition coefficient (Wildman–Crippen LogP) is 4.75. The van der Waals surface area contributed by atoms with Gasteiger partial charge < -0.3 is 9.40 Å². The van der Waals surface area contributed by atoms with Gasteiger partial charge in [0, 0.05) is 17.5 Å². The Hall–Kier alpha value is -3.34. The number of nitrogens with one attached hydrogen (secondary N) is 1. The van der Waals surface area contributed by atoms with E-state index in [4.69, 9.17) is 4.42 Å². The van der Waals surface area contributed by atoms with Crippen LogP contribution in [0.4, 0.5) is 0 Å². The number of carbonyl (C=O) groups excluding carboxylic acids is 1. The van der Waals surface area contributed by atoms with Gasteiger partial charge in [-0.1, -0.05) is 30.3 Å². The van der Waals surface area contributed by atoms with Gasteiger partial charge in [0.25, 0.3) is 5.91 Å². The van der Waals surface area contributed by atoms with Crippen molar-refractivity contribution in [3.8, 4) is 22.7 Å². The summed E-state index contributed by atoms with van der Waals surface area (Å²) in [5.74, 6) is 1.05. The highest BCUT2D eigenvalue weighted by Gasteiger charge is 2.19. The molecule has 4 aromatic rings. The number of aryl methyl sites for hydroxylation is 3. The standard InChI is InChI=1S/C21H19N3O2/c1-13-11-14(2)22-20(13)18-9-10-24(23-18)21(25)17-12-19(26-15(17)3)16-7-5-4-6-8-16/h4-12,22H,1-3H3. The van der Waals surface area contributed by atoms with Gasteiger partial charge in [0.1, 0.15) is 17.2 Å². The normalized spacial score (nSPS) is 11.0. The fraction of sp³-hybridized carbons (Fsp3) is 0.143. The van der Waals surface area contributed by atoms with Crippen LogP contribution in [0, 0.1) is 20.8 Å². The molecule has 0 atom stereocenters. The van der Waals surface area contributed by atoms with Crippen molar-refractivity contribution < 1.29 is 9.21 Å². The molecule has 0 bridgehead atoms. The predicted molar refractivity (Wildman–Crippen MR) is 100 cm³/mol. The lowest BCUT2D eigenvalue weighted by molar-refractivity contribution is 0.0944. The topological polar surface area (TPSA) is 63.8 Å². The average Bonchev–Trinajstić information content (AvgIpc) is 3.34. The summed E-state index contributed by atoms with van der Waals surface area (Å²) in [6.45, 7) is 5.81.